The molecule has 0 aliphatic carbocycles. The molecule has 0 aromatic rings. The Hall–Kier alpha value is 0.531. The fourth-order valence-electron chi connectivity index (χ4n) is 3.75. The summed E-state index contributed by atoms with van der Waals surface area (Å²) < 4.78 is 12.6. The zero-order valence-electron chi connectivity index (χ0n) is 14.8. The highest BCUT2D eigenvalue weighted by atomic mass is 29.6. The van der Waals surface area contributed by atoms with E-state index in [0.717, 1.165) is 12.5 Å². The second-order valence-corrected chi connectivity index (χ2v) is 35.5. The van der Waals surface area contributed by atoms with Gasteiger partial charge in [0.05, 0.1) is 18.8 Å². The largest absolute Gasteiger partial charge is 0.413 e. The number of aliphatic hydroxyl groups excluding tert-OH is 1. The SMILES string of the molecule is CCC(OC(C)O)C1(C)C[Si](C)(C)[Si](C)(C)[Si](C)(C)O1. The third-order valence-electron chi connectivity index (χ3n) is 5.89. The first-order valence-electron chi connectivity index (χ1n) is 7.83. The molecule has 1 N–H and O–H groups in total. The van der Waals surface area contributed by atoms with E-state index in [1.165, 1.54) is 0 Å². The van der Waals surface area contributed by atoms with Crippen LogP contribution >= 0.6 is 0 Å². The molecule has 3 atom stereocenters. The van der Waals surface area contributed by atoms with E-state index in [9.17, 15) is 5.11 Å². The van der Waals surface area contributed by atoms with Gasteiger partial charge in [0.25, 0.3) is 0 Å². The van der Waals surface area contributed by atoms with Gasteiger partial charge >= 0.3 is 0 Å². The molecule has 0 amide bonds. The third-order valence-corrected chi connectivity index (χ3v) is 46.4. The molecule has 0 spiro atoms. The Morgan fingerprint density at radius 2 is 1.70 bits per heavy atom. The molecule has 0 aromatic carbocycles. The van der Waals surface area contributed by atoms with E-state index in [4.69, 9.17) is 9.16 Å². The van der Waals surface area contributed by atoms with Gasteiger partial charge in [0.15, 0.2) is 14.1 Å². The van der Waals surface area contributed by atoms with Crippen LogP contribution in [0.5, 0.6) is 0 Å². The number of hydrogen-bond donors (Lipinski definition) is 1. The van der Waals surface area contributed by atoms with Crippen molar-refractivity contribution < 1.29 is 14.3 Å². The van der Waals surface area contributed by atoms with Crippen molar-refractivity contribution in [3.63, 3.8) is 0 Å². The van der Waals surface area contributed by atoms with Gasteiger partial charge in [-0.05, 0) is 39.4 Å². The fraction of sp³-hybridized carbons (Fsp3) is 1.00. The van der Waals surface area contributed by atoms with Gasteiger partial charge in [0, 0.05) is 7.59 Å². The van der Waals surface area contributed by atoms with Gasteiger partial charge in [-0.2, -0.15) is 0 Å². The minimum atomic E-state index is -1.68. The number of hydrogen-bond acceptors (Lipinski definition) is 3. The van der Waals surface area contributed by atoms with Crippen LogP contribution in [0.3, 0.4) is 0 Å². The molecule has 3 unspecified atom stereocenters. The molecule has 1 aliphatic heterocycles. The van der Waals surface area contributed by atoms with Crippen LogP contribution in [0.15, 0.2) is 0 Å². The first-order chi connectivity index (χ1) is 8.79. The monoisotopic (exact) mass is 334 g/mol. The first kappa shape index (κ1) is 18.6. The van der Waals surface area contributed by atoms with Crippen LogP contribution in [-0.4, -0.2) is 45.6 Å². The topological polar surface area (TPSA) is 38.7 Å². The molecule has 120 valence electrons. The maximum absolute atomic E-state index is 9.62. The van der Waals surface area contributed by atoms with Crippen LogP contribution in [0.4, 0.5) is 0 Å². The maximum atomic E-state index is 9.62. The molecule has 1 aliphatic rings. The van der Waals surface area contributed by atoms with Crippen LogP contribution in [0, 0.1) is 0 Å². The number of aliphatic hydroxyl groups is 1. The Balaban J connectivity index is 3.14. The summed E-state index contributed by atoms with van der Waals surface area (Å²) in [5, 5.41) is 9.62. The van der Waals surface area contributed by atoms with Gasteiger partial charge in [-0.15, -0.1) is 0 Å². The van der Waals surface area contributed by atoms with Crippen molar-refractivity contribution in [3.05, 3.63) is 0 Å². The van der Waals surface area contributed by atoms with Crippen molar-refractivity contribution in [3.8, 4) is 0 Å². The molecular formula is C14H34O3Si3. The molecular weight excluding hydrogens is 300 g/mol. The molecule has 1 heterocycles. The average Bonchev–Trinajstić information content (AvgIpc) is 2.21. The van der Waals surface area contributed by atoms with Gasteiger partial charge < -0.3 is 14.3 Å². The van der Waals surface area contributed by atoms with Crippen LogP contribution in [0.2, 0.25) is 45.3 Å². The molecule has 1 saturated heterocycles. The van der Waals surface area contributed by atoms with E-state index in [-0.39, 0.29) is 11.7 Å². The smallest absolute Gasteiger partial charge is 0.172 e. The molecule has 6 heteroatoms. The third kappa shape index (κ3) is 3.15. The molecule has 1 fully saturated rings. The summed E-state index contributed by atoms with van der Waals surface area (Å²) in [6.07, 6.45) is 0.159. The lowest BCUT2D eigenvalue weighted by molar-refractivity contribution is -0.174. The molecule has 0 saturated carbocycles. The number of rotatable bonds is 4. The molecule has 1 rings (SSSR count). The van der Waals surface area contributed by atoms with E-state index in [1.807, 2.05) is 0 Å². The van der Waals surface area contributed by atoms with Crippen molar-refractivity contribution in [2.75, 3.05) is 0 Å². The van der Waals surface area contributed by atoms with Crippen LogP contribution < -0.4 is 0 Å². The summed E-state index contributed by atoms with van der Waals surface area (Å²) >= 11 is 0. The van der Waals surface area contributed by atoms with Gasteiger partial charge in [-0.25, -0.2) is 0 Å². The van der Waals surface area contributed by atoms with Crippen molar-refractivity contribution in [1.29, 1.82) is 0 Å². The van der Waals surface area contributed by atoms with Crippen LogP contribution in [0.25, 0.3) is 0 Å². The molecule has 0 aromatic heterocycles. The predicted molar refractivity (Wildman–Crippen MR) is 93.6 cm³/mol. The standard InChI is InChI=1S/C14H34O3Si3/c1-10-13(16-12(2)15)14(3)11-18(4,5)20(8,9)19(6,7)17-14/h12-13,15H,10-11H2,1-9H3. The van der Waals surface area contributed by atoms with Gasteiger partial charge in [0.2, 0.25) is 0 Å². The highest BCUT2D eigenvalue weighted by Crippen LogP contribution is 2.46. The van der Waals surface area contributed by atoms with E-state index in [1.54, 1.807) is 6.92 Å². The molecule has 0 radical (unpaired) electrons. The zero-order chi connectivity index (χ0) is 16.0. The summed E-state index contributed by atoms with van der Waals surface area (Å²) in [6.45, 7) is 21.0. The summed E-state index contributed by atoms with van der Waals surface area (Å²) in [5.74, 6) is 0. The first-order valence-corrected chi connectivity index (χ1v) is 18.9. The maximum Gasteiger partial charge on any atom is 0.172 e. The van der Waals surface area contributed by atoms with Crippen molar-refractivity contribution >= 4 is 22.5 Å². The minimum Gasteiger partial charge on any atom is -0.413 e. The van der Waals surface area contributed by atoms with E-state index in [2.05, 4.69) is 53.1 Å². The Labute approximate surface area is 127 Å². The quantitative estimate of drug-likeness (QED) is 0.629. The second kappa shape index (κ2) is 5.62. The van der Waals surface area contributed by atoms with Gasteiger partial charge in [-0.1, -0.05) is 33.1 Å². The highest BCUT2D eigenvalue weighted by molar-refractivity contribution is 7.67. The van der Waals surface area contributed by atoms with Gasteiger partial charge in [-0.3, -0.25) is 0 Å². The van der Waals surface area contributed by atoms with E-state index < -0.39 is 28.8 Å². The normalized spacial score (nSPS) is 34.5. The Kier molecular flexibility index (Phi) is 5.23. The van der Waals surface area contributed by atoms with Crippen LogP contribution in [-0.2, 0) is 9.16 Å². The van der Waals surface area contributed by atoms with Crippen molar-refractivity contribution in [2.45, 2.75) is 90.5 Å². The van der Waals surface area contributed by atoms with Crippen molar-refractivity contribution in [1.82, 2.24) is 0 Å². The lowest BCUT2D eigenvalue weighted by Crippen LogP contribution is -2.79. The Morgan fingerprint density at radius 1 is 1.20 bits per heavy atom. The Bertz CT molecular complexity index is 334. The van der Waals surface area contributed by atoms with Crippen LogP contribution in [0.1, 0.15) is 27.2 Å². The summed E-state index contributed by atoms with van der Waals surface area (Å²) in [6, 6.07) is 1.15. The predicted octanol–water partition coefficient (Wildman–Crippen LogP) is 3.69. The summed E-state index contributed by atoms with van der Waals surface area (Å²) in [5.41, 5.74) is -0.223. The number of ether oxygens (including phenoxy) is 1. The fourth-order valence-corrected chi connectivity index (χ4v) is 34.3. The molecule has 20 heavy (non-hydrogen) atoms. The second-order valence-electron chi connectivity index (χ2n) is 8.24. The summed E-state index contributed by atoms with van der Waals surface area (Å²) in [7, 11) is -4.28. The minimum absolute atomic E-state index is 0.00819. The summed E-state index contributed by atoms with van der Waals surface area (Å²) in [4.78, 5) is 0. The van der Waals surface area contributed by atoms with Gasteiger partial charge in [0.1, 0.15) is 0 Å². The highest BCUT2D eigenvalue weighted by Gasteiger charge is 2.62. The average molecular weight is 335 g/mol. The Morgan fingerprint density at radius 3 is 2.05 bits per heavy atom. The zero-order valence-corrected chi connectivity index (χ0v) is 17.8. The van der Waals surface area contributed by atoms with Crippen molar-refractivity contribution in [2.24, 2.45) is 0 Å². The van der Waals surface area contributed by atoms with E-state index >= 15 is 0 Å². The lowest BCUT2D eigenvalue weighted by atomic mass is 9.99. The molecule has 0 bridgehead atoms. The molecule has 3 nitrogen and oxygen atoms in total. The van der Waals surface area contributed by atoms with E-state index in [0.29, 0.717) is 0 Å². The lowest BCUT2D eigenvalue weighted by Gasteiger charge is -2.60.